The molecule has 0 saturated heterocycles. The van der Waals surface area contributed by atoms with E-state index in [2.05, 4.69) is 25.4 Å². The van der Waals surface area contributed by atoms with Crippen molar-refractivity contribution in [1.29, 1.82) is 0 Å². The van der Waals surface area contributed by atoms with Crippen LogP contribution in [0, 0.1) is 6.92 Å². The van der Waals surface area contributed by atoms with Crippen LogP contribution in [0.25, 0.3) is 17.2 Å². The number of ether oxygens (including phenoxy) is 3. The Morgan fingerprint density at radius 3 is 2.32 bits per heavy atom. The number of hydrogen-bond donors (Lipinski definition) is 1. The Balaban J connectivity index is 1.82. The van der Waals surface area contributed by atoms with Crippen LogP contribution in [0.15, 0.2) is 42.6 Å². The molecular weight excluding hydrogens is 520 g/mol. The maximum atomic E-state index is 13.7. The highest BCUT2D eigenvalue weighted by Crippen LogP contribution is 2.37. The predicted octanol–water partition coefficient (Wildman–Crippen LogP) is 3.72. The molecule has 1 N–H and O–H groups in total. The Morgan fingerprint density at radius 2 is 1.78 bits per heavy atom. The first kappa shape index (κ1) is 26.6. The first-order chi connectivity index (χ1) is 17.7. The number of hydrogen-bond acceptors (Lipinski definition) is 9. The van der Waals surface area contributed by atoms with Gasteiger partial charge in [-0.25, -0.2) is 8.42 Å². The third-order valence-corrected chi connectivity index (χ3v) is 8.17. The Kier molecular flexibility index (Phi) is 7.81. The molecule has 196 valence electrons. The summed E-state index contributed by atoms with van der Waals surface area (Å²) in [4.78, 5) is 4.25. The van der Waals surface area contributed by atoms with Crippen molar-refractivity contribution in [2.45, 2.75) is 31.0 Å². The van der Waals surface area contributed by atoms with Gasteiger partial charge < -0.3 is 14.2 Å². The zero-order valence-electron chi connectivity index (χ0n) is 21.0. The summed E-state index contributed by atoms with van der Waals surface area (Å²) in [6, 6.07) is 10.3. The fourth-order valence-electron chi connectivity index (χ4n) is 4.00. The summed E-state index contributed by atoms with van der Waals surface area (Å²) in [6.07, 6.45) is 0.623. The average Bonchev–Trinajstić information content (AvgIpc) is 3.50. The van der Waals surface area contributed by atoms with Crippen molar-refractivity contribution in [2.24, 2.45) is 0 Å². The topological polar surface area (TPSA) is 134 Å². The molecule has 0 spiro atoms. The molecule has 1 aromatic carbocycles. The average molecular weight is 547 g/mol. The number of H-pyrrole nitrogens is 1. The Morgan fingerprint density at radius 1 is 1.08 bits per heavy atom. The minimum absolute atomic E-state index is 0.157. The zero-order valence-corrected chi connectivity index (χ0v) is 22.5. The van der Waals surface area contributed by atoms with Gasteiger partial charge in [0.15, 0.2) is 21.5 Å². The highest BCUT2D eigenvalue weighted by Gasteiger charge is 2.34. The zero-order chi connectivity index (χ0) is 26.7. The number of pyridine rings is 1. The van der Waals surface area contributed by atoms with E-state index in [9.17, 15) is 8.42 Å². The molecule has 0 saturated carbocycles. The van der Waals surface area contributed by atoms with Gasteiger partial charge in [0, 0.05) is 19.0 Å². The normalized spacial score (nSPS) is 13.4. The smallest absolute Gasteiger partial charge is 0.189 e. The molecule has 0 fully saturated rings. The van der Waals surface area contributed by atoms with E-state index in [-0.39, 0.29) is 5.82 Å². The van der Waals surface area contributed by atoms with E-state index in [1.165, 1.54) is 27.5 Å². The molecule has 0 aliphatic carbocycles. The third kappa shape index (κ3) is 5.31. The van der Waals surface area contributed by atoms with E-state index >= 15 is 0 Å². The van der Waals surface area contributed by atoms with Crippen molar-refractivity contribution in [3.05, 3.63) is 64.8 Å². The lowest BCUT2D eigenvalue weighted by Gasteiger charge is -2.23. The highest BCUT2D eigenvalue weighted by molar-refractivity contribution is 7.91. The fourth-order valence-corrected chi connectivity index (χ4v) is 5.55. The van der Waals surface area contributed by atoms with E-state index in [0.29, 0.717) is 39.4 Å². The standard InChI is InChI=1S/C24H27ClN6O5S/c1-14-11-18(28-27-14)24-30-29-21(31(24)22-19(34-3)7-6-8-20(22)35-4)13-37(32,33)15(2)23(36-5)17-10-9-16(25)12-26-17/h6-12,15,23H,13H2,1-5H3,(H,27,28)/t15-,23-/m0/s1. The highest BCUT2D eigenvalue weighted by atomic mass is 35.5. The number of nitrogens with one attached hydrogen (secondary N) is 1. The second kappa shape index (κ2) is 10.9. The maximum Gasteiger partial charge on any atom is 0.189 e. The molecule has 2 atom stereocenters. The molecule has 0 aliphatic heterocycles. The Labute approximate surface area is 219 Å². The quantitative estimate of drug-likeness (QED) is 0.315. The van der Waals surface area contributed by atoms with Gasteiger partial charge in [-0.1, -0.05) is 17.7 Å². The molecule has 4 rings (SSSR count). The number of benzene rings is 1. The lowest BCUT2D eigenvalue weighted by Crippen LogP contribution is -2.29. The van der Waals surface area contributed by atoms with Gasteiger partial charge >= 0.3 is 0 Å². The van der Waals surface area contributed by atoms with Gasteiger partial charge in [-0.15, -0.1) is 10.2 Å². The maximum absolute atomic E-state index is 13.7. The summed E-state index contributed by atoms with van der Waals surface area (Å²) in [6.45, 7) is 3.42. The van der Waals surface area contributed by atoms with Crippen LogP contribution in [0.4, 0.5) is 0 Å². The number of aromatic nitrogens is 6. The number of aromatic amines is 1. The van der Waals surface area contributed by atoms with E-state index in [0.717, 1.165) is 5.69 Å². The second-order valence-electron chi connectivity index (χ2n) is 8.29. The number of sulfone groups is 1. The van der Waals surface area contributed by atoms with Crippen LogP contribution in [0.2, 0.25) is 5.02 Å². The molecule has 0 amide bonds. The molecular formula is C24H27ClN6O5S. The minimum atomic E-state index is -3.85. The lowest BCUT2D eigenvalue weighted by atomic mass is 10.2. The Hall–Kier alpha value is -3.48. The van der Waals surface area contributed by atoms with Crippen LogP contribution in [0.1, 0.15) is 30.2 Å². The van der Waals surface area contributed by atoms with E-state index in [1.807, 2.05) is 6.92 Å². The molecule has 0 unspecified atom stereocenters. The van der Waals surface area contributed by atoms with Crippen molar-refractivity contribution in [3.8, 4) is 28.7 Å². The summed E-state index contributed by atoms with van der Waals surface area (Å²) in [5.74, 6) is 0.926. The number of nitrogens with zero attached hydrogens (tertiary/aromatic N) is 5. The van der Waals surface area contributed by atoms with E-state index < -0.39 is 26.9 Å². The molecule has 4 aromatic rings. The Bertz CT molecular complexity index is 1460. The first-order valence-corrected chi connectivity index (χ1v) is 13.3. The van der Waals surface area contributed by atoms with Crippen molar-refractivity contribution in [3.63, 3.8) is 0 Å². The van der Waals surface area contributed by atoms with Crippen LogP contribution in [-0.2, 0) is 20.3 Å². The summed E-state index contributed by atoms with van der Waals surface area (Å²) in [5, 5.41) is 15.2. The van der Waals surface area contributed by atoms with Gasteiger partial charge in [-0.05, 0) is 44.2 Å². The number of rotatable bonds is 10. The van der Waals surface area contributed by atoms with Gasteiger partial charge in [-0.2, -0.15) is 5.10 Å². The van der Waals surface area contributed by atoms with Crippen molar-refractivity contribution in [1.82, 2.24) is 29.9 Å². The third-order valence-electron chi connectivity index (χ3n) is 5.91. The number of methoxy groups -OCH3 is 3. The summed E-state index contributed by atoms with van der Waals surface area (Å²) in [5.41, 5.74) is 2.18. The van der Waals surface area contributed by atoms with E-state index in [1.54, 1.807) is 47.9 Å². The number of halogens is 1. The lowest BCUT2D eigenvalue weighted by molar-refractivity contribution is 0.0987. The van der Waals surface area contributed by atoms with Gasteiger partial charge in [-0.3, -0.25) is 14.6 Å². The first-order valence-electron chi connectivity index (χ1n) is 11.2. The molecule has 3 heterocycles. The molecule has 3 aromatic heterocycles. The monoisotopic (exact) mass is 546 g/mol. The van der Waals surface area contributed by atoms with E-state index in [4.69, 9.17) is 25.8 Å². The molecule has 0 bridgehead atoms. The van der Waals surface area contributed by atoms with Crippen LogP contribution in [-0.4, -0.2) is 64.9 Å². The summed E-state index contributed by atoms with van der Waals surface area (Å²) in [7, 11) is 0.622. The van der Waals surface area contributed by atoms with Gasteiger partial charge in [0.05, 0.1) is 30.2 Å². The largest absolute Gasteiger partial charge is 0.494 e. The van der Waals surface area contributed by atoms with Crippen LogP contribution >= 0.6 is 11.6 Å². The number of aryl methyl sites for hydroxylation is 1. The van der Waals surface area contributed by atoms with Crippen LogP contribution in [0.3, 0.4) is 0 Å². The fraction of sp³-hybridized carbons (Fsp3) is 0.333. The SMILES string of the molecule is COc1cccc(OC)c1-n1c(CS(=O)(=O)[C@@H](C)[C@H](OC)c2ccc(Cl)cn2)nnc1-c1cc(C)[nH]n1. The van der Waals surface area contributed by atoms with Crippen molar-refractivity contribution < 1.29 is 22.6 Å². The molecule has 13 heteroatoms. The predicted molar refractivity (Wildman–Crippen MR) is 138 cm³/mol. The van der Waals surface area contributed by atoms with Gasteiger partial charge in [0.2, 0.25) is 0 Å². The van der Waals surface area contributed by atoms with Gasteiger partial charge in [0.1, 0.15) is 34.7 Å². The second-order valence-corrected chi connectivity index (χ2v) is 11.1. The van der Waals surface area contributed by atoms with Gasteiger partial charge in [0.25, 0.3) is 0 Å². The minimum Gasteiger partial charge on any atom is -0.494 e. The summed E-state index contributed by atoms with van der Waals surface area (Å²) < 4.78 is 45.7. The molecule has 0 radical (unpaired) electrons. The number of para-hydroxylation sites is 1. The van der Waals surface area contributed by atoms with Crippen molar-refractivity contribution >= 4 is 21.4 Å². The molecule has 11 nitrogen and oxygen atoms in total. The van der Waals surface area contributed by atoms with Crippen molar-refractivity contribution in [2.75, 3.05) is 21.3 Å². The molecule has 37 heavy (non-hydrogen) atoms. The molecule has 0 aliphatic rings. The summed E-state index contributed by atoms with van der Waals surface area (Å²) >= 11 is 5.95. The van der Waals surface area contributed by atoms with Crippen LogP contribution in [0.5, 0.6) is 11.5 Å². The van der Waals surface area contributed by atoms with Crippen LogP contribution < -0.4 is 9.47 Å².